The zero-order valence-electron chi connectivity index (χ0n) is 15.9. The van der Waals surface area contributed by atoms with Gasteiger partial charge in [0.1, 0.15) is 6.54 Å². The number of hydrogen-bond donors (Lipinski definition) is 2. The van der Waals surface area contributed by atoms with Crippen LogP contribution in [0.25, 0.3) is 11.2 Å². The van der Waals surface area contributed by atoms with Gasteiger partial charge in [0.05, 0.1) is 32.8 Å². The molecule has 0 unspecified atom stereocenters. The number of allylic oxidation sites excluding steroid dienone is 2. The number of halogens is 1. The summed E-state index contributed by atoms with van der Waals surface area (Å²) in [4.78, 5) is 33.2. The van der Waals surface area contributed by atoms with Crippen molar-refractivity contribution in [1.82, 2.24) is 18.7 Å². The molecule has 0 atom stereocenters. The number of fused-ring (bicyclic) bond motifs is 1. The molecule has 0 spiro atoms. The second-order valence-electron chi connectivity index (χ2n) is 6.90. The molecule has 148 valence electrons. The maximum Gasteiger partial charge on any atom is 0.332 e. The van der Waals surface area contributed by atoms with Crippen molar-refractivity contribution in [2.45, 2.75) is 13.5 Å². The highest BCUT2D eigenvalue weighted by molar-refractivity contribution is 6.29. The van der Waals surface area contributed by atoms with E-state index in [-0.39, 0.29) is 12.2 Å². The Bertz CT molecular complexity index is 977. The number of nitrogens with one attached hydrogen (secondary N) is 1. The van der Waals surface area contributed by atoms with E-state index in [9.17, 15) is 9.59 Å². The van der Waals surface area contributed by atoms with Gasteiger partial charge >= 0.3 is 5.69 Å². The van der Waals surface area contributed by atoms with Crippen molar-refractivity contribution in [1.29, 1.82) is 0 Å². The Morgan fingerprint density at radius 1 is 1.26 bits per heavy atom. The Morgan fingerprint density at radius 3 is 2.52 bits per heavy atom. The van der Waals surface area contributed by atoms with E-state index in [2.05, 4.69) is 9.88 Å². The van der Waals surface area contributed by atoms with E-state index in [1.54, 1.807) is 14.0 Å². The minimum Gasteiger partial charge on any atom is -0.391 e. The second kappa shape index (κ2) is 7.87. The van der Waals surface area contributed by atoms with Crippen LogP contribution in [0.3, 0.4) is 0 Å². The third kappa shape index (κ3) is 3.67. The van der Waals surface area contributed by atoms with Gasteiger partial charge in [0.2, 0.25) is 5.95 Å². The molecular formula is C17H26ClN6O3+. The summed E-state index contributed by atoms with van der Waals surface area (Å²) in [5.41, 5.74) is 0.0137. The van der Waals surface area contributed by atoms with E-state index in [0.29, 0.717) is 28.7 Å². The first kappa shape index (κ1) is 19.7. The Kier molecular flexibility index (Phi) is 5.73. The summed E-state index contributed by atoms with van der Waals surface area (Å²) in [6.45, 7) is 6.37. The van der Waals surface area contributed by atoms with Crippen LogP contribution in [0.5, 0.6) is 0 Å². The number of aryl methyl sites for hydroxylation is 1. The monoisotopic (exact) mass is 397 g/mol. The molecule has 3 rings (SSSR count). The summed E-state index contributed by atoms with van der Waals surface area (Å²) >= 11 is 6.01. The maximum absolute atomic E-state index is 12.8. The molecule has 2 N–H and O–H groups in total. The van der Waals surface area contributed by atoms with Gasteiger partial charge in [-0.2, -0.15) is 4.98 Å². The molecule has 2 aromatic heterocycles. The SMILES string of the molecule is C/C(Cl)=C\Cn1c(N2CC[NH+](CCO)CC2)nc2c1c(=O)n(C)c(=O)n2C. The number of aromatic nitrogens is 4. The van der Waals surface area contributed by atoms with Crippen molar-refractivity contribution in [3.05, 3.63) is 31.9 Å². The highest BCUT2D eigenvalue weighted by Gasteiger charge is 2.26. The minimum atomic E-state index is -0.398. The zero-order valence-corrected chi connectivity index (χ0v) is 16.7. The predicted molar refractivity (Wildman–Crippen MR) is 105 cm³/mol. The molecular weight excluding hydrogens is 372 g/mol. The summed E-state index contributed by atoms with van der Waals surface area (Å²) in [5.74, 6) is 0.667. The summed E-state index contributed by atoms with van der Waals surface area (Å²) in [6, 6.07) is 0. The van der Waals surface area contributed by atoms with Gasteiger partial charge in [0, 0.05) is 25.7 Å². The van der Waals surface area contributed by atoms with Crippen molar-refractivity contribution in [3.63, 3.8) is 0 Å². The normalized spacial score (nSPS) is 16.5. The molecule has 1 aliphatic heterocycles. The summed E-state index contributed by atoms with van der Waals surface area (Å²) in [7, 11) is 3.10. The number of aliphatic hydroxyl groups excluding tert-OH is 1. The van der Waals surface area contributed by atoms with E-state index >= 15 is 0 Å². The maximum atomic E-state index is 12.8. The van der Waals surface area contributed by atoms with Gasteiger partial charge in [-0.25, -0.2) is 4.79 Å². The molecule has 0 aromatic carbocycles. The van der Waals surface area contributed by atoms with Gasteiger partial charge in [-0.15, -0.1) is 0 Å². The molecule has 2 aromatic rings. The van der Waals surface area contributed by atoms with Gasteiger partial charge < -0.3 is 19.5 Å². The number of imidazole rings is 1. The molecule has 0 bridgehead atoms. The van der Waals surface area contributed by atoms with Crippen molar-refractivity contribution in [3.8, 4) is 0 Å². The van der Waals surface area contributed by atoms with Crippen molar-refractivity contribution in [2.24, 2.45) is 14.1 Å². The van der Waals surface area contributed by atoms with Crippen LogP contribution in [0.15, 0.2) is 20.7 Å². The van der Waals surface area contributed by atoms with E-state index in [0.717, 1.165) is 37.3 Å². The van der Waals surface area contributed by atoms with Gasteiger partial charge in [0.25, 0.3) is 5.56 Å². The topological polar surface area (TPSA) is 89.7 Å². The van der Waals surface area contributed by atoms with Crippen molar-refractivity contribution in [2.75, 3.05) is 44.2 Å². The van der Waals surface area contributed by atoms with Crippen molar-refractivity contribution >= 4 is 28.7 Å². The second-order valence-corrected chi connectivity index (χ2v) is 7.50. The Hall–Kier alpha value is -2.10. The lowest BCUT2D eigenvalue weighted by Gasteiger charge is -2.32. The molecule has 1 aliphatic rings. The molecule has 0 saturated carbocycles. The third-order valence-corrected chi connectivity index (χ3v) is 5.26. The van der Waals surface area contributed by atoms with Crippen LogP contribution in [0.1, 0.15) is 6.92 Å². The highest BCUT2D eigenvalue weighted by Crippen LogP contribution is 2.20. The third-order valence-electron chi connectivity index (χ3n) is 5.10. The van der Waals surface area contributed by atoms with E-state index in [1.165, 1.54) is 16.5 Å². The number of anilines is 1. The molecule has 1 saturated heterocycles. The Balaban J connectivity index is 2.12. The first-order chi connectivity index (χ1) is 12.8. The van der Waals surface area contributed by atoms with Crippen LogP contribution in [0, 0.1) is 0 Å². The van der Waals surface area contributed by atoms with Crippen LogP contribution in [0.4, 0.5) is 5.95 Å². The fraction of sp³-hybridized carbons (Fsp3) is 0.588. The van der Waals surface area contributed by atoms with Gasteiger partial charge in [-0.3, -0.25) is 13.9 Å². The lowest BCUT2D eigenvalue weighted by molar-refractivity contribution is -0.900. The van der Waals surface area contributed by atoms with Gasteiger partial charge in [-0.05, 0) is 6.92 Å². The highest BCUT2D eigenvalue weighted by atomic mass is 35.5. The number of quaternary nitrogens is 1. The number of aliphatic hydroxyl groups is 1. The fourth-order valence-electron chi connectivity index (χ4n) is 3.50. The molecule has 27 heavy (non-hydrogen) atoms. The van der Waals surface area contributed by atoms with E-state index in [1.807, 2.05) is 10.6 Å². The lowest BCUT2D eigenvalue weighted by atomic mass is 10.3. The minimum absolute atomic E-state index is 0.172. The summed E-state index contributed by atoms with van der Waals surface area (Å²) in [5, 5.41) is 9.76. The number of piperazine rings is 1. The molecule has 1 fully saturated rings. The van der Waals surface area contributed by atoms with E-state index < -0.39 is 5.69 Å². The quantitative estimate of drug-likeness (QED) is 0.626. The molecule has 0 radical (unpaired) electrons. The average Bonchev–Trinajstić information content (AvgIpc) is 3.03. The molecule has 0 aliphatic carbocycles. The summed E-state index contributed by atoms with van der Waals surface area (Å²) in [6.07, 6.45) is 1.82. The molecule has 0 amide bonds. The fourth-order valence-corrected chi connectivity index (χ4v) is 3.57. The summed E-state index contributed by atoms with van der Waals surface area (Å²) < 4.78 is 4.34. The Labute approximate surface area is 161 Å². The van der Waals surface area contributed by atoms with Gasteiger partial charge in [-0.1, -0.05) is 17.7 Å². The molecule has 9 nitrogen and oxygen atoms in total. The first-order valence-corrected chi connectivity index (χ1v) is 9.40. The average molecular weight is 398 g/mol. The van der Waals surface area contributed by atoms with Gasteiger partial charge in [0.15, 0.2) is 11.2 Å². The standard InChI is InChI=1S/C17H25ClN6O3/c1-12(18)4-5-24-13-14(20(2)17(27)21(3)15(13)26)19-16(24)23-8-6-22(7-9-23)10-11-25/h4,25H,5-11H2,1-3H3/p+1/b12-4+. The van der Waals surface area contributed by atoms with Crippen LogP contribution < -0.4 is 21.0 Å². The zero-order chi connectivity index (χ0) is 19.7. The molecule has 3 heterocycles. The van der Waals surface area contributed by atoms with Crippen LogP contribution in [0.2, 0.25) is 0 Å². The van der Waals surface area contributed by atoms with Crippen LogP contribution >= 0.6 is 11.6 Å². The van der Waals surface area contributed by atoms with E-state index in [4.69, 9.17) is 16.7 Å². The first-order valence-electron chi connectivity index (χ1n) is 9.03. The predicted octanol–water partition coefficient (Wildman–Crippen LogP) is -1.73. The number of hydrogen-bond acceptors (Lipinski definition) is 5. The number of nitrogens with zero attached hydrogens (tertiary/aromatic N) is 5. The van der Waals surface area contributed by atoms with Crippen LogP contribution in [-0.2, 0) is 20.6 Å². The number of rotatable bonds is 5. The van der Waals surface area contributed by atoms with Crippen molar-refractivity contribution < 1.29 is 10.0 Å². The van der Waals surface area contributed by atoms with Crippen LogP contribution in [-0.4, -0.2) is 63.1 Å². The smallest absolute Gasteiger partial charge is 0.332 e. The Morgan fingerprint density at radius 2 is 1.93 bits per heavy atom. The largest absolute Gasteiger partial charge is 0.391 e. The molecule has 10 heteroatoms. The lowest BCUT2D eigenvalue weighted by Crippen LogP contribution is -3.15.